The van der Waals surface area contributed by atoms with Gasteiger partial charge in [-0.3, -0.25) is 0 Å². The van der Waals surface area contributed by atoms with E-state index in [1.807, 2.05) is 7.05 Å². The third-order valence-corrected chi connectivity index (χ3v) is 2.97. The van der Waals surface area contributed by atoms with Crippen molar-refractivity contribution in [3.8, 4) is 0 Å². The summed E-state index contributed by atoms with van der Waals surface area (Å²) in [6.07, 6.45) is 0.342. The highest BCUT2D eigenvalue weighted by atomic mass is 16.5. The van der Waals surface area contributed by atoms with Crippen molar-refractivity contribution in [3.63, 3.8) is 0 Å². The van der Waals surface area contributed by atoms with E-state index in [9.17, 15) is 0 Å². The average molecular weight is 243 g/mol. The van der Waals surface area contributed by atoms with Gasteiger partial charge in [0, 0.05) is 6.54 Å². The normalized spacial score (nSPS) is 13.1. The second-order valence-electron chi connectivity index (χ2n) is 4.84. The van der Waals surface area contributed by atoms with Crippen LogP contribution < -0.4 is 5.32 Å². The molecule has 18 heavy (non-hydrogen) atoms. The molecule has 96 valence electrons. The Hall–Kier alpha value is -1.38. The molecule has 0 aliphatic heterocycles. The van der Waals surface area contributed by atoms with Crippen LogP contribution >= 0.6 is 0 Å². The monoisotopic (exact) mass is 243 g/mol. The first kappa shape index (κ1) is 13.1. The molecule has 2 aromatic carbocycles. The molecule has 0 fully saturated rings. The maximum absolute atomic E-state index is 5.96. The maximum atomic E-state index is 5.96. The molecular weight excluding hydrogens is 222 g/mol. The van der Waals surface area contributed by atoms with Crippen LogP contribution in [0.4, 0.5) is 0 Å². The highest BCUT2D eigenvalue weighted by Crippen LogP contribution is 2.23. The van der Waals surface area contributed by atoms with Gasteiger partial charge in [-0.15, -0.1) is 0 Å². The van der Waals surface area contributed by atoms with Crippen LogP contribution in [0.25, 0.3) is 10.8 Å². The van der Waals surface area contributed by atoms with Crippen LogP contribution in [-0.2, 0) is 4.74 Å². The van der Waals surface area contributed by atoms with Crippen molar-refractivity contribution < 1.29 is 4.74 Å². The van der Waals surface area contributed by atoms with Gasteiger partial charge < -0.3 is 10.1 Å². The van der Waals surface area contributed by atoms with E-state index in [0.29, 0.717) is 0 Å². The molecule has 1 N–H and O–H groups in total. The largest absolute Gasteiger partial charge is 0.370 e. The first-order valence-corrected chi connectivity index (χ1v) is 6.49. The fourth-order valence-corrected chi connectivity index (χ4v) is 2.17. The Kier molecular flexibility index (Phi) is 4.34. The lowest BCUT2D eigenvalue weighted by atomic mass is 10.0. The zero-order chi connectivity index (χ0) is 13.0. The molecule has 0 saturated heterocycles. The van der Waals surface area contributed by atoms with Gasteiger partial charge in [0.1, 0.15) is 0 Å². The van der Waals surface area contributed by atoms with E-state index in [0.717, 1.165) is 6.54 Å². The third-order valence-electron chi connectivity index (χ3n) is 2.97. The highest BCUT2D eigenvalue weighted by Gasteiger charge is 2.13. The lowest BCUT2D eigenvalue weighted by molar-refractivity contribution is 0.00821. The summed E-state index contributed by atoms with van der Waals surface area (Å²) < 4.78 is 5.96. The van der Waals surface area contributed by atoms with Crippen molar-refractivity contribution in [3.05, 3.63) is 48.0 Å². The zero-order valence-corrected chi connectivity index (χ0v) is 11.3. The van der Waals surface area contributed by atoms with E-state index < -0.39 is 0 Å². The van der Waals surface area contributed by atoms with Crippen LogP contribution in [0.2, 0.25) is 0 Å². The van der Waals surface area contributed by atoms with Crippen LogP contribution in [0.15, 0.2) is 42.5 Å². The van der Waals surface area contributed by atoms with Crippen LogP contribution in [0, 0.1) is 0 Å². The van der Waals surface area contributed by atoms with Gasteiger partial charge in [-0.1, -0.05) is 36.4 Å². The molecule has 0 bridgehead atoms. The molecule has 0 radical (unpaired) electrons. The Bertz CT molecular complexity index is 507. The number of nitrogens with one attached hydrogen (secondary N) is 1. The summed E-state index contributed by atoms with van der Waals surface area (Å²) in [5.41, 5.74) is 1.23. The minimum atomic E-state index is 0.111. The molecule has 0 unspecified atom stereocenters. The molecule has 2 aromatic rings. The standard InChI is InChI=1S/C16H21NO/c1-12(2)18-16(11-17-3)15-9-8-13-6-4-5-7-14(13)10-15/h4-10,12,16-17H,11H2,1-3H3/t16-/m0/s1. The quantitative estimate of drug-likeness (QED) is 0.867. The molecule has 0 heterocycles. The fourth-order valence-electron chi connectivity index (χ4n) is 2.17. The summed E-state index contributed by atoms with van der Waals surface area (Å²) >= 11 is 0. The molecule has 2 heteroatoms. The fraction of sp³-hybridized carbons (Fsp3) is 0.375. The van der Waals surface area contributed by atoms with E-state index in [-0.39, 0.29) is 12.2 Å². The summed E-state index contributed by atoms with van der Waals surface area (Å²) in [5, 5.41) is 5.73. The molecule has 0 saturated carbocycles. The van der Waals surface area contributed by atoms with Crippen molar-refractivity contribution >= 4 is 10.8 Å². The Morgan fingerprint density at radius 1 is 1.06 bits per heavy atom. The number of fused-ring (bicyclic) bond motifs is 1. The Labute approximate surface area is 109 Å². The zero-order valence-electron chi connectivity index (χ0n) is 11.3. The molecule has 0 spiro atoms. The third kappa shape index (κ3) is 3.09. The Morgan fingerprint density at radius 3 is 2.44 bits per heavy atom. The highest BCUT2D eigenvalue weighted by molar-refractivity contribution is 5.83. The van der Waals surface area contributed by atoms with E-state index in [1.54, 1.807) is 0 Å². The van der Waals surface area contributed by atoms with Gasteiger partial charge >= 0.3 is 0 Å². The molecule has 0 amide bonds. The number of likely N-dealkylation sites (N-methyl/N-ethyl adjacent to an activating group) is 1. The van der Waals surface area contributed by atoms with Gasteiger partial charge in [-0.25, -0.2) is 0 Å². The van der Waals surface area contributed by atoms with Crippen molar-refractivity contribution in [2.75, 3.05) is 13.6 Å². The molecule has 2 rings (SSSR count). The van der Waals surface area contributed by atoms with Gasteiger partial charge in [-0.05, 0) is 43.3 Å². The van der Waals surface area contributed by atoms with Gasteiger partial charge in [-0.2, -0.15) is 0 Å². The van der Waals surface area contributed by atoms with E-state index in [2.05, 4.69) is 61.6 Å². The van der Waals surface area contributed by atoms with Crippen LogP contribution in [0.5, 0.6) is 0 Å². The minimum absolute atomic E-state index is 0.111. The molecule has 0 aliphatic carbocycles. The molecule has 0 aliphatic rings. The second-order valence-corrected chi connectivity index (χ2v) is 4.84. The average Bonchev–Trinajstić information content (AvgIpc) is 2.37. The summed E-state index contributed by atoms with van der Waals surface area (Å²) in [6.45, 7) is 4.98. The number of hydrogen-bond acceptors (Lipinski definition) is 2. The van der Waals surface area contributed by atoms with Crippen molar-refractivity contribution in [2.24, 2.45) is 0 Å². The van der Waals surface area contributed by atoms with Gasteiger partial charge in [0.2, 0.25) is 0 Å². The minimum Gasteiger partial charge on any atom is -0.370 e. The SMILES string of the molecule is CNC[C@H](OC(C)C)c1ccc2ccccc2c1. The molecular formula is C16H21NO. The topological polar surface area (TPSA) is 21.3 Å². The Morgan fingerprint density at radius 2 is 1.78 bits per heavy atom. The molecule has 0 aromatic heterocycles. The summed E-state index contributed by atoms with van der Waals surface area (Å²) in [5.74, 6) is 0. The second kappa shape index (κ2) is 5.98. The predicted octanol–water partition coefficient (Wildman–Crippen LogP) is 3.53. The van der Waals surface area contributed by atoms with Crippen molar-refractivity contribution in [2.45, 2.75) is 26.1 Å². The first-order chi connectivity index (χ1) is 8.70. The van der Waals surface area contributed by atoms with E-state index in [4.69, 9.17) is 4.74 Å². The number of hydrogen-bond donors (Lipinski definition) is 1. The van der Waals surface area contributed by atoms with Gasteiger partial charge in [0.05, 0.1) is 12.2 Å². The smallest absolute Gasteiger partial charge is 0.0952 e. The number of ether oxygens (including phenoxy) is 1. The van der Waals surface area contributed by atoms with E-state index in [1.165, 1.54) is 16.3 Å². The summed E-state index contributed by atoms with van der Waals surface area (Å²) in [4.78, 5) is 0. The van der Waals surface area contributed by atoms with E-state index >= 15 is 0 Å². The summed E-state index contributed by atoms with van der Waals surface area (Å²) in [7, 11) is 1.96. The van der Waals surface area contributed by atoms with Crippen LogP contribution in [0.3, 0.4) is 0 Å². The first-order valence-electron chi connectivity index (χ1n) is 6.49. The number of rotatable bonds is 5. The van der Waals surface area contributed by atoms with Gasteiger partial charge in [0.15, 0.2) is 0 Å². The lowest BCUT2D eigenvalue weighted by Gasteiger charge is -2.21. The predicted molar refractivity (Wildman–Crippen MR) is 76.8 cm³/mol. The molecule has 2 nitrogen and oxygen atoms in total. The molecule has 1 atom stereocenters. The van der Waals surface area contributed by atoms with Gasteiger partial charge in [0.25, 0.3) is 0 Å². The van der Waals surface area contributed by atoms with Crippen molar-refractivity contribution in [1.29, 1.82) is 0 Å². The lowest BCUT2D eigenvalue weighted by Crippen LogP contribution is -2.22. The Balaban J connectivity index is 2.31. The van der Waals surface area contributed by atoms with Crippen molar-refractivity contribution in [1.82, 2.24) is 5.32 Å². The van der Waals surface area contributed by atoms with Crippen LogP contribution in [0.1, 0.15) is 25.5 Å². The summed E-state index contributed by atoms with van der Waals surface area (Å²) in [6, 6.07) is 15.0. The maximum Gasteiger partial charge on any atom is 0.0952 e. The van der Waals surface area contributed by atoms with Crippen LogP contribution in [-0.4, -0.2) is 19.7 Å². The number of benzene rings is 2.